The van der Waals surface area contributed by atoms with E-state index in [9.17, 15) is 4.79 Å². The van der Waals surface area contributed by atoms with Crippen molar-refractivity contribution in [1.29, 1.82) is 0 Å². The van der Waals surface area contributed by atoms with E-state index in [1.165, 1.54) is 11.3 Å². The van der Waals surface area contributed by atoms with Crippen molar-refractivity contribution in [3.8, 4) is 10.8 Å². The van der Waals surface area contributed by atoms with Crippen molar-refractivity contribution in [1.82, 2.24) is 9.88 Å². The molecule has 0 unspecified atom stereocenters. The number of hydrogen-bond donors (Lipinski definition) is 0. The van der Waals surface area contributed by atoms with Gasteiger partial charge in [0.1, 0.15) is 10.6 Å². The molecule has 0 fully saturated rings. The first-order valence-corrected chi connectivity index (χ1v) is 9.17. The van der Waals surface area contributed by atoms with E-state index in [1.54, 1.807) is 7.11 Å². The molecular weight excluding hydrogens is 324 g/mol. The second-order valence-corrected chi connectivity index (χ2v) is 6.80. The number of aromatic nitrogens is 1. The number of carbonyl (C=O) groups is 1. The molecule has 24 heavy (non-hydrogen) atoms. The summed E-state index contributed by atoms with van der Waals surface area (Å²) in [7, 11) is 1.66. The van der Waals surface area contributed by atoms with Crippen molar-refractivity contribution in [2.45, 2.75) is 46.6 Å². The second kappa shape index (κ2) is 8.44. The average molecular weight is 350 g/mol. The summed E-state index contributed by atoms with van der Waals surface area (Å²) in [4.78, 5) is 20.2. The lowest BCUT2D eigenvalue weighted by molar-refractivity contribution is 0.0593. The predicted molar refractivity (Wildman–Crippen MR) is 96.6 cm³/mol. The fraction of sp³-hybridized carbons (Fsp3) is 0.556. The van der Waals surface area contributed by atoms with Crippen LogP contribution in [0.25, 0.3) is 10.8 Å². The first-order valence-electron chi connectivity index (χ1n) is 8.35. The minimum atomic E-state index is 0.0327. The summed E-state index contributed by atoms with van der Waals surface area (Å²) < 4.78 is 10.8. The lowest BCUT2D eigenvalue weighted by Gasteiger charge is -2.30. The number of nitrogens with zero attached hydrogens (tertiary/aromatic N) is 2. The van der Waals surface area contributed by atoms with E-state index >= 15 is 0 Å². The Labute approximate surface area is 147 Å². The van der Waals surface area contributed by atoms with Gasteiger partial charge in [-0.1, -0.05) is 13.8 Å². The highest BCUT2D eigenvalue weighted by Gasteiger charge is 2.26. The molecule has 2 aromatic rings. The summed E-state index contributed by atoms with van der Waals surface area (Å²) in [5, 5.41) is 0.750. The lowest BCUT2D eigenvalue weighted by atomic mass is 10.1. The number of aryl methyl sites for hydroxylation is 2. The van der Waals surface area contributed by atoms with Crippen molar-refractivity contribution in [3.63, 3.8) is 0 Å². The molecule has 0 aromatic carbocycles. The van der Waals surface area contributed by atoms with E-state index < -0.39 is 0 Å². The lowest BCUT2D eigenvalue weighted by Crippen LogP contribution is -2.41. The fourth-order valence-corrected chi connectivity index (χ4v) is 3.73. The number of thiazole rings is 1. The molecule has 0 spiro atoms. The zero-order chi connectivity index (χ0) is 17.7. The van der Waals surface area contributed by atoms with Crippen LogP contribution in [-0.4, -0.2) is 42.1 Å². The Morgan fingerprint density at radius 3 is 2.58 bits per heavy atom. The number of methoxy groups -OCH3 is 1. The minimum Gasteiger partial charge on any atom is -0.459 e. The summed E-state index contributed by atoms with van der Waals surface area (Å²) in [5.41, 5.74) is 0.752. The van der Waals surface area contributed by atoms with E-state index in [2.05, 4.69) is 18.8 Å². The number of amides is 1. The van der Waals surface area contributed by atoms with Gasteiger partial charge in [0.25, 0.3) is 5.91 Å². The normalized spacial score (nSPS) is 11.2. The Bertz CT molecular complexity index is 674. The molecule has 0 bridgehead atoms. The van der Waals surface area contributed by atoms with Gasteiger partial charge in [-0.05, 0) is 38.8 Å². The van der Waals surface area contributed by atoms with Gasteiger partial charge in [0.15, 0.2) is 10.8 Å². The van der Waals surface area contributed by atoms with Crippen LogP contribution in [0.4, 0.5) is 0 Å². The first kappa shape index (κ1) is 18.7. The minimum absolute atomic E-state index is 0.0327. The third-order valence-corrected chi connectivity index (χ3v) is 5.28. The molecule has 0 saturated heterocycles. The van der Waals surface area contributed by atoms with Gasteiger partial charge in [0.05, 0.1) is 12.3 Å². The Morgan fingerprint density at radius 2 is 2.04 bits per heavy atom. The Morgan fingerprint density at radius 1 is 1.33 bits per heavy atom. The zero-order valence-electron chi connectivity index (χ0n) is 15.1. The number of ether oxygens (including phenoxy) is 1. The molecule has 0 aliphatic rings. The molecule has 2 rings (SSSR count). The highest BCUT2D eigenvalue weighted by atomic mass is 32.1. The van der Waals surface area contributed by atoms with Gasteiger partial charge in [-0.25, -0.2) is 4.98 Å². The van der Waals surface area contributed by atoms with Crippen molar-refractivity contribution < 1.29 is 13.9 Å². The molecule has 0 saturated carbocycles. The van der Waals surface area contributed by atoms with Gasteiger partial charge < -0.3 is 14.1 Å². The molecule has 0 aliphatic heterocycles. The van der Waals surface area contributed by atoms with Gasteiger partial charge in [-0.3, -0.25) is 4.79 Å². The standard InChI is InChI=1S/C18H26N2O3S/c1-6-14(7-2)20(10-11-22-5)18(21)16-13(4)19-17(24-16)15-9-8-12(3)23-15/h8-9,14H,6-7,10-11H2,1-5H3. The first-order chi connectivity index (χ1) is 11.5. The van der Waals surface area contributed by atoms with Gasteiger partial charge >= 0.3 is 0 Å². The van der Waals surface area contributed by atoms with Gasteiger partial charge in [-0.2, -0.15) is 0 Å². The number of rotatable bonds is 8. The largest absolute Gasteiger partial charge is 0.459 e. The van der Waals surface area contributed by atoms with Crippen LogP contribution in [0.3, 0.4) is 0 Å². The number of hydrogen-bond acceptors (Lipinski definition) is 5. The van der Waals surface area contributed by atoms with Crippen LogP contribution >= 0.6 is 11.3 Å². The summed E-state index contributed by atoms with van der Waals surface area (Å²) >= 11 is 1.40. The quantitative estimate of drug-likeness (QED) is 0.712. The van der Waals surface area contributed by atoms with Crippen LogP contribution in [0, 0.1) is 13.8 Å². The molecule has 5 nitrogen and oxygen atoms in total. The molecule has 0 N–H and O–H groups in total. The van der Waals surface area contributed by atoms with E-state index in [0.29, 0.717) is 23.8 Å². The van der Waals surface area contributed by atoms with Crippen molar-refractivity contribution in [2.24, 2.45) is 0 Å². The highest BCUT2D eigenvalue weighted by molar-refractivity contribution is 7.17. The van der Waals surface area contributed by atoms with E-state index in [1.807, 2.05) is 30.9 Å². The maximum Gasteiger partial charge on any atom is 0.266 e. The summed E-state index contributed by atoms with van der Waals surface area (Å²) in [6, 6.07) is 4.01. The predicted octanol–water partition coefficient (Wildman–Crippen LogP) is 4.30. The molecule has 0 atom stereocenters. The van der Waals surface area contributed by atoms with E-state index in [4.69, 9.17) is 9.15 Å². The monoisotopic (exact) mass is 350 g/mol. The molecule has 132 valence electrons. The Hall–Kier alpha value is -1.66. The van der Waals surface area contributed by atoms with Gasteiger partial charge in [-0.15, -0.1) is 11.3 Å². The molecule has 0 aliphatic carbocycles. The van der Waals surface area contributed by atoms with Crippen LogP contribution in [0.1, 0.15) is 47.8 Å². The molecule has 2 heterocycles. The molecule has 0 radical (unpaired) electrons. The fourth-order valence-electron chi connectivity index (χ4n) is 2.75. The molecule has 1 amide bonds. The SMILES string of the molecule is CCC(CC)N(CCOC)C(=O)c1sc(-c2ccc(C)o2)nc1C. The van der Waals surface area contributed by atoms with Crippen LogP contribution in [0.5, 0.6) is 0 Å². The Kier molecular flexibility index (Phi) is 6.57. The summed E-state index contributed by atoms with van der Waals surface area (Å²) in [6.45, 7) is 9.12. The van der Waals surface area contributed by atoms with E-state index in [0.717, 1.165) is 29.3 Å². The van der Waals surface area contributed by atoms with Gasteiger partial charge in [0.2, 0.25) is 0 Å². The van der Waals surface area contributed by atoms with Gasteiger partial charge in [0, 0.05) is 19.7 Å². The van der Waals surface area contributed by atoms with Crippen LogP contribution in [-0.2, 0) is 4.74 Å². The number of carbonyl (C=O) groups excluding carboxylic acids is 1. The second-order valence-electron chi connectivity index (χ2n) is 5.81. The van der Waals surface area contributed by atoms with Crippen LogP contribution in [0.15, 0.2) is 16.5 Å². The Balaban J connectivity index is 2.30. The summed E-state index contributed by atoms with van der Waals surface area (Å²) in [5.74, 6) is 1.58. The van der Waals surface area contributed by atoms with Crippen LogP contribution in [0.2, 0.25) is 0 Å². The van der Waals surface area contributed by atoms with Crippen molar-refractivity contribution in [3.05, 3.63) is 28.5 Å². The molecule has 2 aromatic heterocycles. The van der Waals surface area contributed by atoms with E-state index in [-0.39, 0.29) is 11.9 Å². The highest BCUT2D eigenvalue weighted by Crippen LogP contribution is 2.30. The third kappa shape index (κ3) is 4.05. The van der Waals surface area contributed by atoms with Crippen molar-refractivity contribution in [2.75, 3.05) is 20.3 Å². The topological polar surface area (TPSA) is 55.6 Å². The van der Waals surface area contributed by atoms with Crippen LogP contribution < -0.4 is 0 Å². The zero-order valence-corrected chi connectivity index (χ0v) is 15.9. The average Bonchev–Trinajstić information content (AvgIpc) is 3.16. The number of furan rings is 1. The maximum atomic E-state index is 13.1. The summed E-state index contributed by atoms with van der Waals surface area (Å²) in [6.07, 6.45) is 1.85. The maximum absolute atomic E-state index is 13.1. The van der Waals surface area contributed by atoms with Crippen molar-refractivity contribution >= 4 is 17.2 Å². The molecule has 6 heteroatoms. The molecular formula is C18H26N2O3S. The smallest absolute Gasteiger partial charge is 0.266 e. The third-order valence-electron chi connectivity index (χ3n) is 4.12.